The van der Waals surface area contributed by atoms with E-state index in [4.69, 9.17) is 11.6 Å². The van der Waals surface area contributed by atoms with Crippen LogP contribution in [0.1, 0.15) is 34.3 Å². The molecule has 2 aliphatic rings. The molecule has 29 heavy (non-hydrogen) atoms. The first-order valence-electron chi connectivity index (χ1n) is 9.62. The maximum atomic E-state index is 13.1. The molecule has 2 aromatic carbocycles. The Morgan fingerprint density at radius 1 is 1.10 bits per heavy atom. The van der Waals surface area contributed by atoms with Gasteiger partial charge in [-0.2, -0.15) is 0 Å². The Bertz CT molecular complexity index is 983. The molecule has 0 aliphatic carbocycles. The largest absolute Gasteiger partial charge is 0.338 e. The van der Waals surface area contributed by atoms with E-state index in [2.05, 4.69) is 5.32 Å². The van der Waals surface area contributed by atoms with Gasteiger partial charge in [-0.05, 0) is 49.6 Å². The van der Waals surface area contributed by atoms with Gasteiger partial charge in [-0.25, -0.2) is 4.79 Å². The summed E-state index contributed by atoms with van der Waals surface area (Å²) in [4.78, 5) is 41.3. The summed E-state index contributed by atoms with van der Waals surface area (Å²) in [7, 11) is 0. The number of urea groups is 1. The van der Waals surface area contributed by atoms with Gasteiger partial charge >= 0.3 is 6.03 Å². The van der Waals surface area contributed by atoms with Crippen molar-refractivity contribution in [2.75, 3.05) is 13.1 Å². The summed E-state index contributed by atoms with van der Waals surface area (Å²) in [5.74, 6) is -0.277. The van der Waals surface area contributed by atoms with Crippen molar-refractivity contribution in [3.05, 3.63) is 70.2 Å². The monoisotopic (exact) mass is 411 g/mol. The summed E-state index contributed by atoms with van der Waals surface area (Å²) in [6.45, 7) is 2.97. The van der Waals surface area contributed by atoms with E-state index in [1.807, 2.05) is 31.2 Å². The minimum atomic E-state index is -0.932. The van der Waals surface area contributed by atoms with Crippen molar-refractivity contribution in [2.45, 2.75) is 31.8 Å². The summed E-state index contributed by atoms with van der Waals surface area (Å²) >= 11 is 6.01. The molecule has 0 aromatic heterocycles. The number of nitrogens with one attached hydrogen (secondary N) is 1. The van der Waals surface area contributed by atoms with Crippen LogP contribution in [0.5, 0.6) is 0 Å². The summed E-state index contributed by atoms with van der Waals surface area (Å²) < 4.78 is 0. The Kier molecular flexibility index (Phi) is 5.04. The molecule has 4 rings (SSSR count). The molecule has 0 unspecified atom stereocenters. The highest BCUT2D eigenvalue weighted by molar-refractivity contribution is 6.30. The summed E-state index contributed by atoms with van der Waals surface area (Å²) in [5.41, 5.74) is 1.54. The van der Waals surface area contributed by atoms with Crippen molar-refractivity contribution in [3.8, 4) is 0 Å². The first kappa shape index (κ1) is 19.5. The molecule has 150 valence electrons. The Morgan fingerprint density at radius 2 is 1.83 bits per heavy atom. The highest BCUT2D eigenvalue weighted by atomic mass is 35.5. The smallest absolute Gasteiger partial charge is 0.325 e. The van der Waals surface area contributed by atoms with Crippen molar-refractivity contribution in [1.82, 2.24) is 15.1 Å². The minimum Gasteiger partial charge on any atom is -0.338 e. The van der Waals surface area contributed by atoms with E-state index < -0.39 is 11.6 Å². The zero-order valence-corrected chi connectivity index (χ0v) is 16.9. The number of hydrogen-bond donors (Lipinski definition) is 1. The van der Waals surface area contributed by atoms with Crippen molar-refractivity contribution in [2.24, 2.45) is 0 Å². The number of piperidine rings is 1. The van der Waals surface area contributed by atoms with Gasteiger partial charge in [0.1, 0.15) is 5.54 Å². The predicted molar refractivity (Wildman–Crippen MR) is 110 cm³/mol. The Hall–Kier alpha value is -2.86. The molecule has 1 N–H and O–H groups in total. The number of halogens is 1. The lowest BCUT2D eigenvalue weighted by Gasteiger charge is -2.37. The number of imide groups is 1. The number of amides is 4. The molecule has 2 aliphatic heterocycles. The minimum absolute atomic E-state index is 0.0453. The molecular formula is C22H22ClN3O3. The zero-order valence-electron chi connectivity index (χ0n) is 16.2. The summed E-state index contributed by atoms with van der Waals surface area (Å²) in [6.07, 6.45) is 0.808. The molecule has 0 atom stereocenters. The van der Waals surface area contributed by atoms with E-state index in [1.54, 1.807) is 29.2 Å². The van der Waals surface area contributed by atoms with Gasteiger partial charge in [0.05, 0.1) is 6.54 Å². The van der Waals surface area contributed by atoms with Gasteiger partial charge in [0.15, 0.2) is 0 Å². The average Bonchev–Trinajstić information content (AvgIpc) is 2.92. The Morgan fingerprint density at radius 3 is 2.52 bits per heavy atom. The highest BCUT2D eigenvalue weighted by Gasteiger charge is 2.52. The maximum absolute atomic E-state index is 13.1. The third-order valence-corrected chi connectivity index (χ3v) is 5.88. The molecule has 0 saturated carbocycles. The predicted octanol–water partition coefficient (Wildman–Crippen LogP) is 3.38. The molecule has 6 nitrogen and oxygen atoms in total. The van der Waals surface area contributed by atoms with Crippen molar-refractivity contribution in [3.63, 3.8) is 0 Å². The van der Waals surface area contributed by atoms with E-state index >= 15 is 0 Å². The number of carbonyl (C=O) groups excluding carboxylic acids is 3. The first-order chi connectivity index (χ1) is 13.9. The number of carbonyl (C=O) groups is 3. The van der Waals surface area contributed by atoms with Crippen LogP contribution in [0.3, 0.4) is 0 Å². The fourth-order valence-electron chi connectivity index (χ4n) is 4.03. The van der Waals surface area contributed by atoms with Crippen LogP contribution in [0, 0.1) is 6.92 Å². The van der Waals surface area contributed by atoms with Crippen LogP contribution in [0.15, 0.2) is 48.5 Å². The van der Waals surface area contributed by atoms with Crippen molar-refractivity contribution in [1.29, 1.82) is 0 Å². The van der Waals surface area contributed by atoms with Gasteiger partial charge in [-0.1, -0.05) is 41.4 Å². The van der Waals surface area contributed by atoms with Gasteiger partial charge in [-0.15, -0.1) is 0 Å². The van der Waals surface area contributed by atoms with E-state index in [1.165, 1.54) is 4.90 Å². The van der Waals surface area contributed by atoms with Gasteiger partial charge in [-0.3, -0.25) is 14.5 Å². The van der Waals surface area contributed by atoms with Crippen LogP contribution >= 0.6 is 11.6 Å². The standard InChI is InChI=1S/C22H22ClN3O3/c1-15-4-2-6-17(12-15)19(27)25-10-8-22(9-11-25)20(28)26(21(29)24-22)14-16-5-3-7-18(23)13-16/h2-7,12-13H,8-11,14H2,1H3,(H,24,29). The number of benzene rings is 2. The summed E-state index contributed by atoms with van der Waals surface area (Å²) in [6, 6.07) is 14.2. The lowest BCUT2D eigenvalue weighted by molar-refractivity contribution is -0.133. The molecule has 2 aromatic rings. The maximum Gasteiger partial charge on any atom is 0.325 e. The lowest BCUT2D eigenvalue weighted by Crippen LogP contribution is -2.55. The van der Waals surface area contributed by atoms with Crippen LogP contribution in [0.25, 0.3) is 0 Å². The van der Waals surface area contributed by atoms with Gasteiger partial charge in [0.25, 0.3) is 11.8 Å². The number of aryl methyl sites for hydroxylation is 1. The molecule has 0 bridgehead atoms. The first-order valence-corrected chi connectivity index (χ1v) is 10.0. The fraction of sp³-hybridized carbons (Fsp3) is 0.318. The van der Waals surface area contributed by atoms with Crippen LogP contribution < -0.4 is 5.32 Å². The molecule has 7 heteroatoms. The number of rotatable bonds is 3. The topological polar surface area (TPSA) is 69.7 Å². The van der Waals surface area contributed by atoms with Gasteiger partial charge < -0.3 is 10.2 Å². The van der Waals surface area contributed by atoms with Crippen molar-refractivity contribution >= 4 is 29.4 Å². The van der Waals surface area contributed by atoms with Crippen LogP contribution in [0.2, 0.25) is 5.02 Å². The molecule has 2 saturated heterocycles. The Balaban J connectivity index is 1.44. The van der Waals surface area contributed by atoms with Crippen molar-refractivity contribution < 1.29 is 14.4 Å². The molecule has 0 radical (unpaired) electrons. The average molecular weight is 412 g/mol. The van der Waals surface area contributed by atoms with Gasteiger partial charge in [0.2, 0.25) is 0 Å². The number of likely N-dealkylation sites (tertiary alicyclic amines) is 1. The second-order valence-electron chi connectivity index (χ2n) is 7.70. The molecule has 2 fully saturated rings. The van der Waals surface area contributed by atoms with E-state index in [9.17, 15) is 14.4 Å². The van der Waals surface area contributed by atoms with E-state index in [0.29, 0.717) is 36.5 Å². The third kappa shape index (κ3) is 3.72. The quantitative estimate of drug-likeness (QED) is 0.787. The second kappa shape index (κ2) is 7.52. The van der Waals surface area contributed by atoms with Gasteiger partial charge in [0, 0.05) is 23.7 Å². The molecule has 2 heterocycles. The van der Waals surface area contributed by atoms with Crippen LogP contribution in [-0.2, 0) is 11.3 Å². The molecule has 1 spiro atoms. The summed E-state index contributed by atoms with van der Waals surface area (Å²) in [5, 5.41) is 3.44. The number of nitrogens with zero attached hydrogens (tertiary/aromatic N) is 2. The second-order valence-corrected chi connectivity index (χ2v) is 8.13. The highest BCUT2D eigenvalue weighted by Crippen LogP contribution is 2.31. The van der Waals surface area contributed by atoms with Crippen LogP contribution in [-0.4, -0.2) is 46.3 Å². The molecular weight excluding hydrogens is 390 g/mol. The molecule has 4 amide bonds. The van der Waals surface area contributed by atoms with E-state index in [-0.39, 0.29) is 18.4 Å². The van der Waals surface area contributed by atoms with E-state index in [0.717, 1.165) is 11.1 Å². The number of hydrogen-bond acceptors (Lipinski definition) is 3. The Labute approximate surface area is 174 Å². The zero-order chi connectivity index (χ0) is 20.6. The third-order valence-electron chi connectivity index (χ3n) is 5.64. The fourth-order valence-corrected chi connectivity index (χ4v) is 4.24. The van der Waals surface area contributed by atoms with Crippen LogP contribution in [0.4, 0.5) is 4.79 Å². The lowest BCUT2D eigenvalue weighted by atomic mass is 9.87. The SMILES string of the molecule is Cc1cccc(C(=O)N2CCC3(CC2)NC(=O)N(Cc2cccc(Cl)c2)C3=O)c1. The normalized spacial score (nSPS) is 18.3.